The molecule has 0 radical (unpaired) electrons. The van der Waals surface area contributed by atoms with Crippen LogP contribution in [0.1, 0.15) is 18.0 Å². The number of aromatic nitrogens is 2. The van der Waals surface area contributed by atoms with E-state index in [0.29, 0.717) is 18.1 Å². The van der Waals surface area contributed by atoms with Crippen molar-refractivity contribution in [2.24, 2.45) is 0 Å². The molecule has 1 aliphatic heterocycles. The van der Waals surface area contributed by atoms with Crippen LogP contribution in [0, 0.1) is 5.82 Å². The summed E-state index contributed by atoms with van der Waals surface area (Å²) >= 11 is 0. The molecule has 0 aliphatic carbocycles. The lowest BCUT2D eigenvalue weighted by Crippen LogP contribution is -2.20. The van der Waals surface area contributed by atoms with Crippen LogP contribution in [0.15, 0.2) is 42.5 Å². The van der Waals surface area contributed by atoms with E-state index in [0.717, 1.165) is 23.3 Å². The van der Waals surface area contributed by atoms with E-state index in [-0.39, 0.29) is 11.9 Å². The topological polar surface area (TPSA) is 49.9 Å². The van der Waals surface area contributed by atoms with E-state index < -0.39 is 0 Å². The monoisotopic (exact) mass is 283 g/mol. The molecule has 5 heteroatoms. The quantitative estimate of drug-likeness (QED) is 0.755. The third kappa shape index (κ3) is 2.20. The van der Waals surface area contributed by atoms with Crippen molar-refractivity contribution in [3.8, 4) is 5.75 Å². The summed E-state index contributed by atoms with van der Waals surface area (Å²) in [7, 11) is 0. The van der Waals surface area contributed by atoms with E-state index in [1.165, 1.54) is 12.1 Å². The lowest BCUT2D eigenvalue weighted by atomic mass is 10.0. The molecule has 3 aromatic rings. The van der Waals surface area contributed by atoms with Gasteiger partial charge in [0.05, 0.1) is 23.7 Å². The number of nitrogens with zero attached hydrogens (tertiary/aromatic N) is 1. The smallest absolute Gasteiger partial charge is 0.201 e. The van der Waals surface area contributed by atoms with Crippen LogP contribution in [0.3, 0.4) is 0 Å². The van der Waals surface area contributed by atoms with E-state index in [9.17, 15) is 4.39 Å². The fourth-order valence-electron chi connectivity index (χ4n) is 2.71. The Morgan fingerprint density at radius 1 is 1.24 bits per heavy atom. The standard InChI is InChI=1S/C16H14FN3O/c17-10-5-6-13-14(9-10)20-16(19-13)18-12-7-8-21-15-4-2-1-3-11(12)15/h1-6,9,12H,7-8H2,(H2,18,19,20). The van der Waals surface area contributed by atoms with Gasteiger partial charge >= 0.3 is 0 Å². The lowest BCUT2D eigenvalue weighted by molar-refractivity contribution is 0.274. The Kier molecular flexibility index (Phi) is 2.77. The van der Waals surface area contributed by atoms with Gasteiger partial charge in [-0.05, 0) is 24.3 Å². The third-order valence-electron chi connectivity index (χ3n) is 3.71. The molecule has 1 unspecified atom stereocenters. The van der Waals surface area contributed by atoms with Crippen molar-refractivity contribution in [1.29, 1.82) is 0 Å². The second-order valence-electron chi connectivity index (χ2n) is 5.12. The van der Waals surface area contributed by atoms with Crippen molar-refractivity contribution in [2.45, 2.75) is 12.5 Å². The molecule has 106 valence electrons. The predicted octanol–water partition coefficient (Wildman–Crippen LogP) is 3.64. The second kappa shape index (κ2) is 4.77. The normalized spacial score (nSPS) is 17.3. The molecular formula is C16H14FN3O. The maximum atomic E-state index is 13.2. The van der Waals surface area contributed by atoms with E-state index in [1.807, 2.05) is 18.2 Å². The van der Waals surface area contributed by atoms with Crippen molar-refractivity contribution in [3.63, 3.8) is 0 Å². The van der Waals surface area contributed by atoms with Crippen LogP contribution in [0.2, 0.25) is 0 Å². The minimum Gasteiger partial charge on any atom is -0.493 e. The molecule has 0 saturated heterocycles. The Labute approximate surface area is 121 Å². The second-order valence-corrected chi connectivity index (χ2v) is 5.12. The zero-order valence-electron chi connectivity index (χ0n) is 11.3. The lowest BCUT2D eigenvalue weighted by Gasteiger charge is -2.26. The maximum Gasteiger partial charge on any atom is 0.201 e. The average Bonchev–Trinajstić information content (AvgIpc) is 2.89. The van der Waals surface area contributed by atoms with E-state index in [2.05, 4.69) is 21.4 Å². The van der Waals surface area contributed by atoms with Gasteiger partial charge in [0, 0.05) is 12.0 Å². The Bertz CT molecular complexity index is 799. The molecule has 2 aromatic carbocycles. The third-order valence-corrected chi connectivity index (χ3v) is 3.71. The molecule has 1 atom stereocenters. The number of imidazole rings is 1. The number of para-hydroxylation sites is 1. The number of aromatic amines is 1. The summed E-state index contributed by atoms with van der Waals surface area (Å²) in [5.41, 5.74) is 2.56. The fourth-order valence-corrected chi connectivity index (χ4v) is 2.71. The largest absolute Gasteiger partial charge is 0.493 e. The number of hydrogen-bond donors (Lipinski definition) is 2. The molecule has 0 amide bonds. The number of rotatable bonds is 2. The van der Waals surface area contributed by atoms with Gasteiger partial charge in [0.1, 0.15) is 11.6 Å². The maximum absolute atomic E-state index is 13.2. The minimum atomic E-state index is -0.269. The zero-order chi connectivity index (χ0) is 14.2. The Balaban J connectivity index is 1.66. The first-order chi connectivity index (χ1) is 10.3. The predicted molar refractivity (Wildman–Crippen MR) is 79.0 cm³/mol. The number of fused-ring (bicyclic) bond motifs is 2. The summed E-state index contributed by atoms with van der Waals surface area (Å²) in [6.07, 6.45) is 0.864. The Morgan fingerprint density at radius 2 is 2.14 bits per heavy atom. The van der Waals surface area contributed by atoms with Gasteiger partial charge in [-0.3, -0.25) is 0 Å². The van der Waals surface area contributed by atoms with Gasteiger partial charge in [-0.1, -0.05) is 18.2 Å². The van der Waals surface area contributed by atoms with Gasteiger partial charge < -0.3 is 15.0 Å². The molecule has 4 rings (SSSR count). The molecule has 1 aliphatic rings. The molecule has 2 N–H and O–H groups in total. The molecule has 4 nitrogen and oxygen atoms in total. The minimum absolute atomic E-state index is 0.139. The van der Waals surface area contributed by atoms with Gasteiger partial charge in [-0.2, -0.15) is 0 Å². The number of H-pyrrole nitrogens is 1. The molecule has 0 bridgehead atoms. The first-order valence-corrected chi connectivity index (χ1v) is 6.93. The summed E-state index contributed by atoms with van der Waals surface area (Å²) in [4.78, 5) is 7.56. The zero-order valence-corrected chi connectivity index (χ0v) is 11.3. The highest BCUT2D eigenvalue weighted by Gasteiger charge is 2.21. The summed E-state index contributed by atoms with van der Waals surface area (Å²) in [6, 6.07) is 12.7. The fraction of sp³-hybridized carbons (Fsp3) is 0.188. The molecule has 2 heterocycles. The average molecular weight is 283 g/mol. The highest BCUT2D eigenvalue weighted by molar-refractivity contribution is 5.77. The van der Waals surface area contributed by atoms with Crippen LogP contribution in [-0.4, -0.2) is 16.6 Å². The van der Waals surface area contributed by atoms with Gasteiger partial charge in [0.2, 0.25) is 5.95 Å². The van der Waals surface area contributed by atoms with Crippen molar-refractivity contribution in [3.05, 3.63) is 53.8 Å². The molecule has 1 aromatic heterocycles. The number of ether oxygens (including phenoxy) is 1. The Morgan fingerprint density at radius 3 is 3.10 bits per heavy atom. The first kappa shape index (κ1) is 12.2. The van der Waals surface area contributed by atoms with Crippen LogP contribution in [0.5, 0.6) is 5.75 Å². The van der Waals surface area contributed by atoms with Gasteiger partial charge in [-0.25, -0.2) is 9.37 Å². The summed E-state index contributed by atoms with van der Waals surface area (Å²) in [5.74, 6) is 1.29. The number of benzene rings is 2. The van der Waals surface area contributed by atoms with Crippen molar-refractivity contribution in [2.75, 3.05) is 11.9 Å². The van der Waals surface area contributed by atoms with Gasteiger partial charge in [-0.15, -0.1) is 0 Å². The molecule has 0 fully saturated rings. The van der Waals surface area contributed by atoms with Crippen LogP contribution in [-0.2, 0) is 0 Å². The van der Waals surface area contributed by atoms with Crippen LogP contribution >= 0.6 is 0 Å². The highest BCUT2D eigenvalue weighted by Crippen LogP contribution is 2.33. The van der Waals surface area contributed by atoms with Crippen LogP contribution in [0.4, 0.5) is 10.3 Å². The molecule has 0 saturated carbocycles. The van der Waals surface area contributed by atoms with E-state index in [1.54, 1.807) is 6.07 Å². The van der Waals surface area contributed by atoms with E-state index >= 15 is 0 Å². The number of hydrogen-bond acceptors (Lipinski definition) is 3. The van der Waals surface area contributed by atoms with Crippen LogP contribution in [0.25, 0.3) is 11.0 Å². The van der Waals surface area contributed by atoms with Crippen molar-refractivity contribution < 1.29 is 9.13 Å². The van der Waals surface area contributed by atoms with E-state index in [4.69, 9.17) is 4.74 Å². The summed E-state index contributed by atoms with van der Waals surface area (Å²) < 4.78 is 18.9. The molecule has 21 heavy (non-hydrogen) atoms. The number of anilines is 1. The summed E-state index contributed by atoms with van der Waals surface area (Å²) in [6.45, 7) is 0.670. The molecule has 0 spiro atoms. The summed E-state index contributed by atoms with van der Waals surface area (Å²) in [5, 5.41) is 3.38. The number of nitrogens with one attached hydrogen (secondary N) is 2. The highest BCUT2D eigenvalue weighted by atomic mass is 19.1. The van der Waals surface area contributed by atoms with Crippen molar-refractivity contribution in [1.82, 2.24) is 9.97 Å². The first-order valence-electron chi connectivity index (χ1n) is 6.93. The van der Waals surface area contributed by atoms with Crippen molar-refractivity contribution >= 4 is 17.0 Å². The SMILES string of the molecule is Fc1ccc2nc(NC3CCOc4ccccc43)[nH]c2c1. The molecular weight excluding hydrogens is 269 g/mol. The van der Waals surface area contributed by atoms with Gasteiger partial charge in [0.15, 0.2) is 0 Å². The Hall–Kier alpha value is -2.56. The van der Waals surface area contributed by atoms with Gasteiger partial charge in [0.25, 0.3) is 0 Å². The number of halogens is 1. The van der Waals surface area contributed by atoms with Crippen LogP contribution < -0.4 is 10.1 Å².